The Labute approximate surface area is 149 Å². The highest BCUT2D eigenvalue weighted by Crippen LogP contribution is 2.31. The number of anilines is 1. The molecule has 0 amide bonds. The molecule has 132 valence electrons. The summed E-state index contributed by atoms with van der Waals surface area (Å²) in [5.41, 5.74) is 2.09. The van der Waals surface area contributed by atoms with Crippen molar-refractivity contribution in [3.05, 3.63) is 40.1 Å². The van der Waals surface area contributed by atoms with Gasteiger partial charge in [-0.15, -0.1) is 5.10 Å². The van der Waals surface area contributed by atoms with Gasteiger partial charge in [-0.05, 0) is 30.7 Å². The van der Waals surface area contributed by atoms with Crippen LogP contribution in [0.15, 0.2) is 23.3 Å². The molecule has 0 atom stereocenters. The van der Waals surface area contributed by atoms with E-state index in [0.717, 1.165) is 49.6 Å². The summed E-state index contributed by atoms with van der Waals surface area (Å²) in [7, 11) is 1.96. The molecule has 1 aliphatic heterocycles. The first-order chi connectivity index (χ1) is 12.1. The highest BCUT2D eigenvalue weighted by atomic mass is 32.1. The van der Waals surface area contributed by atoms with E-state index < -0.39 is 0 Å². The van der Waals surface area contributed by atoms with Crippen molar-refractivity contribution < 1.29 is 0 Å². The second-order valence-corrected chi connectivity index (χ2v) is 7.56. The average molecular weight is 358 g/mol. The normalized spacial score (nSPS) is 16.0. The van der Waals surface area contributed by atoms with Crippen LogP contribution in [0.25, 0.3) is 4.96 Å². The maximum Gasteiger partial charge on any atom is 0.275 e. The third-order valence-corrected chi connectivity index (χ3v) is 5.72. The molecule has 0 aromatic carbocycles. The van der Waals surface area contributed by atoms with Gasteiger partial charge in [-0.2, -0.15) is 9.61 Å². The molecule has 0 aliphatic carbocycles. The van der Waals surface area contributed by atoms with Gasteiger partial charge in [0.1, 0.15) is 0 Å². The first-order valence-electron chi connectivity index (χ1n) is 8.77. The molecule has 0 spiro atoms. The van der Waals surface area contributed by atoms with Crippen molar-refractivity contribution in [2.45, 2.75) is 38.5 Å². The summed E-state index contributed by atoms with van der Waals surface area (Å²) in [6.07, 6.45) is 8.04. The minimum Gasteiger partial charge on any atom is -0.347 e. The molecule has 25 heavy (non-hydrogen) atoms. The molecule has 8 heteroatoms. The van der Waals surface area contributed by atoms with E-state index in [4.69, 9.17) is 0 Å². The summed E-state index contributed by atoms with van der Waals surface area (Å²) in [6.45, 7) is 3.97. The second kappa shape index (κ2) is 6.59. The highest BCUT2D eigenvalue weighted by molar-refractivity contribution is 7.20. The Balaban J connectivity index is 1.53. The predicted octanol–water partition coefficient (Wildman–Crippen LogP) is 2.22. The van der Waals surface area contributed by atoms with Crippen molar-refractivity contribution in [3.8, 4) is 0 Å². The fourth-order valence-corrected chi connectivity index (χ4v) is 4.39. The summed E-state index contributed by atoms with van der Waals surface area (Å²) < 4.78 is 3.30. The van der Waals surface area contributed by atoms with E-state index in [1.54, 1.807) is 6.07 Å². The minimum absolute atomic E-state index is 0.0822. The number of aromatic nitrogens is 5. The third kappa shape index (κ3) is 3.18. The molecule has 0 N–H and O–H groups in total. The molecule has 3 aromatic rings. The molecule has 0 saturated carbocycles. The topological polar surface area (TPSA) is 68.3 Å². The van der Waals surface area contributed by atoms with Crippen LogP contribution < -0.4 is 10.5 Å². The molecular formula is C17H22N6OS. The van der Waals surface area contributed by atoms with Gasteiger partial charge in [0.15, 0.2) is 0 Å². The third-order valence-electron chi connectivity index (χ3n) is 4.76. The summed E-state index contributed by atoms with van der Waals surface area (Å²) in [5, 5.41) is 9.68. The number of aryl methyl sites for hydroxylation is 2. The van der Waals surface area contributed by atoms with Crippen LogP contribution in [0.4, 0.5) is 5.13 Å². The largest absolute Gasteiger partial charge is 0.347 e. The van der Waals surface area contributed by atoms with E-state index in [0.29, 0.717) is 10.9 Å². The van der Waals surface area contributed by atoms with Gasteiger partial charge in [-0.1, -0.05) is 24.7 Å². The van der Waals surface area contributed by atoms with E-state index in [9.17, 15) is 4.79 Å². The molecule has 3 aromatic heterocycles. The van der Waals surface area contributed by atoms with Crippen LogP contribution >= 0.6 is 11.3 Å². The number of piperidine rings is 1. The van der Waals surface area contributed by atoms with Gasteiger partial charge >= 0.3 is 0 Å². The Bertz CT molecular complexity index is 934. The van der Waals surface area contributed by atoms with Gasteiger partial charge in [0.05, 0.1) is 6.20 Å². The lowest BCUT2D eigenvalue weighted by Gasteiger charge is -2.30. The van der Waals surface area contributed by atoms with Crippen molar-refractivity contribution in [2.75, 3.05) is 18.0 Å². The molecule has 1 fully saturated rings. The molecule has 7 nitrogen and oxygen atoms in total. The molecule has 1 aliphatic rings. The molecule has 4 heterocycles. The van der Waals surface area contributed by atoms with Crippen molar-refractivity contribution in [1.29, 1.82) is 0 Å². The summed E-state index contributed by atoms with van der Waals surface area (Å²) in [6, 6.07) is 1.61. The zero-order valence-corrected chi connectivity index (χ0v) is 15.4. The van der Waals surface area contributed by atoms with E-state index in [-0.39, 0.29) is 5.56 Å². The van der Waals surface area contributed by atoms with Crippen LogP contribution in [0.5, 0.6) is 0 Å². The highest BCUT2D eigenvalue weighted by Gasteiger charge is 2.24. The van der Waals surface area contributed by atoms with Gasteiger partial charge in [0, 0.05) is 38.1 Å². The van der Waals surface area contributed by atoms with Crippen molar-refractivity contribution in [3.63, 3.8) is 0 Å². The Kier molecular flexibility index (Phi) is 4.29. The number of fused-ring (bicyclic) bond motifs is 1. The Hall–Kier alpha value is -2.22. The maximum absolute atomic E-state index is 12.2. The summed E-state index contributed by atoms with van der Waals surface area (Å²) in [5.74, 6) is 0.552. The van der Waals surface area contributed by atoms with E-state index in [1.807, 2.05) is 17.9 Å². The van der Waals surface area contributed by atoms with Crippen LogP contribution in [-0.2, 0) is 13.5 Å². The minimum atomic E-state index is -0.0822. The van der Waals surface area contributed by atoms with Crippen LogP contribution in [0, 0.1) is 0 Å². The van der Waals surface area contributed by atoms with Crippen molar-refractivity contribution in [2.24, 2.45) is 7.05 Å². The van der Waals surface area contributed by atoms with E-state index >= 15 is 0 Å². The first kappa shape index (κ1) is 16.3. The fraction of sp³-hybridized carbons (Fsp3) is 0.529. The quantitative estimate of drug-likeness (QED) is 0.715. The monoisotopic (exact) mass is 358 g/mol. The van der Waals surface area contributed by atoms with Crippen molar-refractivity contribution >= 4 is 21.4 Å². The number of hydrogen-bond acceptors (Lipinski definition) is 6. The Morgan fingerprint density at radius 1 is 1.32 bits per heavy atom. The second-order valence-electron chi connectivity index (χ2n) is 6.62. The van der Waals surface area contributed by atoms with Crippen LogP contribution in [0.3, 0.4) is 0 Å². The fourth-order valence-electron chi connectivity index (χ4n) is 3.41. The molecule has 1 saturated heterocycles. The van der Waals surface area contributed by atoms with Crippen LogP contribution in [-0.4, -0.2) is 37.5 Å². The molecular weight excluding hydrogens is 336 g/mol. The first-order valence-corrected chi connectivity index (χ1v) is 9.59. The number of nitrogens with zero attached hydrogens (tertiary/aromatic N) is 6. The predicted molar refractivity (Wildman–Crippen MR) is 98.5 cm³/mol. The Morgan fingerprint density at radius 3 is 2.80 bits per heavy atom. The lowest BCUT2D eigenvalue weighted by molar-refractivity contribution is 0.503. The van der Waals surface area contributed by atoms with E-state index in [1.165, 1.54) is 21.4 Å². The van der Waals surface area contributed by atoms with Gasteiger partial charge in [0.2, 0.25) is 10.1 Å². The van der Waals surface area contributed by atoms with Gasteiger partial charge < -0.3 is 4.90 Å². The number of rotatable bonds is 4. The lowest BCUT2D eigenvalue weighted by Crippen LogP contribution is -2.33. The van der Waals surface area contributed by atoms with E-state index in [2.05, 4.69) is 33.2 Å². The number of hydrogen-bond donors (Lipinski definition) is 0. The average Bonchev–Trinajstić information content (AvgIpc) is 3.22. The van der Waals surface area contributed by atoms with Crippen LogP contribution in [0.1, 0.15) is 43.4 Å². The molecule has 4 rings (SSSR count). The van der Waals surface area contributed by atoms with Gasteiger partial charge in [-0.25, -0.2) is 4.98 Å². The summed E-state index contributed by atoms with van der Waals surface area (Å²) >= 11 is 1.51. The molecule has 0 unspecified atom stereocenters. The zero-order chi connectivity index (χ0) is 17.4. The van der Waals surface area contributed by atoms with Crippen molar-refractivity contribution in [1.82, 2.24) is 24.4 Å². The summed E-state index contributed by atoms with van der Waals surface area (Å²) in [4.78, 5) is 19.8. The maximum atomic E-state index is 12.2. The van der Waals surface area contributed by atoms with Gasteiger partial charge in [0.25, 0.3) is 5.56 Å². The van der Waals surface area contributed by atoms with Gasteiger partial charge in [-0.3, -0.25) is 9.48 Å². The lowest BCUT2D eigenvalue weighted by atomic mass is 9.92. The molecule has 0 bridgehead atoms. The Morgan fingerprint density at radius 2 is 2.12 bits per heavy atom. The zero-order valence-electron chi connectivity index (χ0n) is 14.6. The smallest absolute Gasteiger partial charge is 0.275 e. The van der Waals surface area contributed by atoms with Crippen LogP contribution in [0.2, 0.25) is 0 Å². The standard InChI is InChI=1S/C17H22N6OS/c1-3-4-14-9-15(24)23-16(19-14)25-17(20-23)22-7-5-12(6-8-22)13-10-18-21(2)11-13/h9-12H,3-8H2,1-2H3. The molecule has 0 radical (unpaired) electrons. The SMILES string of the molecule is CCCc1cc(=O)n2nc(N3CCC(c4cnn(C)c4)CC3)sc2n1.